The minimum Gasteiger partial charge on any atom is -0.481 e. The van der Waals surface area contributed by atoms with Crippen LogP contribution in [-0.2, 0) is 29.0 Å². The van der Waals surface area contributed by atoms with Crippen LogP contribution in [0.4, 0.5) is 0 Å². The smallest absolute Gasteiger partial charge is 0.332 e. The standard InChI is InChI=1S/C13H18N4O5/c1-3-16-12(20)10-11(15-8(14-10)7-9(18)19)17(13(16)21)5-4-6-22-2/h3-7H2,1-2H3,(H,14,15)(H,18,19). The van der Waals surface area contributed by atoms with E-state index in [4.69, 9.17) is 9.84 Å². The van der Waals surface area contributed by atoms with Gasteiger partial charge in [-0.1, -0.05) is 0 Å². The Labute approximate surface area is 125 Å². The summed E-state index contributed by atoms with van der Waals surface area (Å²) in [6.07, 6.45) is 0.237. The van der Waals surface area contributed by atoms with Crippen molar-refractivity contribution in [2.24, 2.45) is 0 Å². The molecule has 9 heteroatoms. The molecule has 2 rings (SSSR count). The van der Waals surface area contributed by atoms with Crippen molar-refractivity contribution in [2.75, 3.05) is 13.7 Å². The maximum Gasteiger partial charge on any atom is 0.332 e. The number of ether oxygens (including phenoxy) is 1. The summed E-state index contributed by atoms with van der Waals surface area (Å²) >= 11 is 0. The van der Waals surface area contributed by atoms with E-state index in [1.54, 1.807) is 14.0 Å². The Morgan fingerprint density at radius 3 is 2.68 bits per heavy atom. The fourth-order valence-electron chi connectivity index (χ4n) is 2.29. The third kappa shape index (κ3) is 2.93. The van der Waals surface area contributed by atoms with Crippen molar-refractivity contribution in [3.8, 4) is 0 Å². The molecule has 0 aliphatic heterocycles. The second-order valence-electron chi connectivity index (χ2n) is 4.78. The molecule has 0 spiro atoms. The van der Waals surface area contributed by atoms with Crippen molar-refractivity contribution in [2.45, 2.75) is 32.9 Å². The Balaban J connectivity index is 2.63. The van der Waals surface area contributed by atoms with Gasteiger partial charge in [0.25, 0.3) is 5.56 Å². The van der Waals surface area contributed by atoms with Gasteiger partial charge in [-0.25, -0.2) is 9.78 Å². The molecule has 0 amide bonds. The van der Waals surface area contributed by atoms with Crippen molar-refractivity contribution in [1.82, 2.24) is 19.1 Å². The molecule has 2 aromatic heterocycles. The summed E-state index contributed by atoms with van der Waals surface area (Å²) in [6, 6.07) is 0. The maximum absolute atomic E-state index is 12.4. The van der Waals surface area contributed by atoms with E-state index in [1.807, 2.05) is 0 Å². The van der Waals surface area contributed by atoms with Crippen LogP contribution in [0, 0.1) is 0 Å². The molecule has 2 N–H and O–H groups in total. The van der Waals surface area contributed by atoms with Gasteiger partial charge in [0.05, 0.1) is 0 Å². The van der Waals surface area contributed by atoms with Crippen LogP contribution in [0.2, 0.25) is 0 Å². The summed E-state index contributed by atoms with van der Waals surface area (Å²) in [6.45, 7) is 2.72. The molecule has 0 unspecified atom stereocenters. The van der Waals surface area contributed by atoms with E-state index in [0.29, 0.717) is 19.6 Å². The lowest BCUT2D eigenvalue weighted by Crippen LogP contribution is -2.39. The van der Waals surface area contributed by atoms with Gasteiger partial charge in [-0.05, 0) is 13.3 Å². The molecule has 0 radical (unpaired) electrons. The molecule has 0 bridgehead atoms. The van der Waals surface area contributed by atoms with E-state index < -0.39 is 17.2 Å². The molecular weight excluding hydrogens is 292 g/mol. The van der Waals surface area contributed by atoms with Crippen LogP contribution in [0.15, 0.2) is 9.59 Å². The number of aliphatic carboxylic acids is 1. The number of fused-ring (bicyclic) bond motifs is 1. The lowest BCUT2D eigenvalue weighted by Gasteiger charge is -2.09. The first-order valence-corrected chi connectivity index (χ1v) is 6.92. The first-order chi connectivity index (χ1) is 10.5. The van der Waals surface area contributed by atoms with Gasteiger partial charge in [0.2, 0.25) is 0 Å². The van der Waals surface area contributed by atoms with Gasteiger partial charge in [0.1, 0.15) is 17.8 Å². The zero-order chi connectivity index (χ0) is 16.3. The van der Waals surface area contributed by atoms with Crippen LogP contribution in [0.1, 0.15) is 19.2 Å². The molecule has 22 heavy (non-hydrogen) atoms. The zero-order valence-electron chi connectivity index (χ0n) is 12.5. The van der Waals surface area contributed by atoms with Gasteiger partial charge in [-0.2, -0.15) is 0 Å². The summed E-state index contributed by atoms with van der Waals surface area (Å²) in [7, 11) is 1.56. The van der Waals surface area contributed by atoms with E-state index in [-0.39, 0.29) is 30.0 Å². The average Bonchev–Trinajstić information content (AvgIpc) is 2.86. The highest BCUT2D eigenvalue weighted by Crippen LogP contribution is 2.07. The molecule has 2 heterocycles. The van der Waals surface area contributed by atoms with Gasteiger partial charge >= 0.3 is 11.7 Å². The first-order valence-electron chi connectivity index (χ1n) is 6.92. The van der Waals surface area contributed by atoms with Crippen LogP contribution in [0.3, 0.4) is 0 Å². The molecule has 0 aliphatic rings. The summed E-state index contributed by atoms with van der Waals surface area (Å²) < 4.78 is 7.43. The predicted octanol–water partition coefficient (Wildman–Crippen LogP) is -0.430. The Kier molecular flexibility index (Phi) is 4.76. The largest absolute Gasteiger partial charge is 0.481 e. The molecule has 0 aromatic carbocycles. The minimum absolute atomic E-state index is 0.147. The average molecular weight is 310 g/mol. The Morgan fingerprint density at radius 1 is 1.36 bits per heavy atom. The normalized spacial score (nSPS) is 11.2. The topological polar surface area (TPSA) is 119 Å². The summed E-state index contributed by atoms with van der Waals surface area (Å²) in [5, 5.41) is 8.83. The number of aromatic nitrogens is 4. The lowest BCUT2D eigenvalue weighted by molar-refractivity contribution is -0.136. The number of H-pyrrole nitrogens is 1. The van der Waals surface area contributed by atoms with Crippen LogP contribution in [0.25, 0.3) is 11.2 Å². The van der Waals surface area contributed by atoms with Crippen LogP contribution in [0.5, 0.6) is 0 Å². The van der Waals surface area contributed by atoms with Gasteiger partial charge in [-0.3, -0.25) is 18.7 Å². The maximum atomic E-state index is 12.4. The van der Waals surface area contributed by atoms with Gasteiger partial charge in [0.15, 0.2) is 5.65 Å². The molecule has 0 saturated heterocycles. The highest BCUT2D eigenvalue weighted by molar-refractivity contribution is 5.73. The highest BCUT2D eigenvalue weighted by atomic mass is 16.5. The number of carbonyl (C=O) groups is 1. The lowest BCUT2D eigenvalue weighted by atomic mass is 10.4. The van der Waals surface area contributed by atoms with Gasteiger partial charge < -0.3 is 14.8 Å². The molecule has 9 nitrogen and oxygen atoms in total. The van der Waals surface area contributed by atoms with Crippen molar-refractivity contribution >= 4 is 17.1 Å². The molecule has 120 valence electrons. The van der Waals surface area contributed by atoms with Crippen LogP contribution in [-0.4, -0.2) is 43.9 Å². The Morgan fingerprint density at radius 2 is 2.09 bits per heavy atom. The van der Waals surface area contributed by atoms with Gasteiger partial charge in [0, 0.05) is 26.8 Å². The third-order valence-corrected chi connectivity index (χ3v) is 3.28. The fraction of sp³-hybridized carbons (Fsp3) is 0.538. The van der Waals surface area contributed by atoms with E-state index in [2.05, 4.69) is 9.97 Å². The van der Waals surface area contributed by atoms with E-state index in [0.717, 1.165) is 4.57 Å². The molecular formula is C13H18N4O5. The van der Waals surface area contributed by atoms with Crippen LogP contribution >= 0.6 is 0 Å². The number of methoxy groups -OCH3 is 1. The SMILES string of the molecule is CCn1c(=O)c2[nH]c(CC(=O)O)nc2n(CCCOC)c1=O. The number of imidazole rings is 1. The number of aryl methyl sites for hydroxylation is 1. The first kappa shape index (κ1) is 16.0. The highest BCUT2D eigenvalue weighted by Gasteiger charge is 2.17. The number of nitrogens with one attached hydrogen (secondary N) is 1. The van der Waals surface area contributed by atoms with E-state index >= 15 is 0 Å². The molecule has 0 saturated carbocycles. The molecule has 0 atom stereocenters. The summed E-state index contributed by atoms with van der Waals surface area (Å²) in [5.41, 5.74) is -0.610. The molecule has 0 fully saturated rings. The second kappa shape index (κ2) is 6.56. The number of hydrogen-bond acceptors (Lipinski definition) is 5. The van der Waals surface area contributed by atoms with E-state index in [9.17, 15) is 14.4 Å². The number of hydrogen-bond donors (Lipinski definition) is 2. The quantitative estimate of drug-likeness (QED) is 0.670. The summed E-state index contributed by atoms with van der Waals surface area (Å²) in [5.74, 6) is -0.920. The van der Waals surface area contributed by atoms with E-state index in [1.165, 1.54) is 4.57 Å². The Bertz CT molecular complexity index is 801. The second-order valence-corrected chi connectivity index (χ2v) is 4.78. The third-order valence-electron chi connectivity index (χ3n) is 3.28. The number of carboxylic acid groups (broad SMARTS) is 1. The zero-order valence-corrected chi connectivity index (χ0v) is 12.5. The van der Waals surface area contributed by atoms with Crippen molar-refractivity contribution in [1.29, 1.82) is 0 Å². The van der Waals surface area contributed by atoms with Crippen molar-refractivity contribution < 1.29 is 14.6 Å². The number of carboxylic acids is 1. The van der Waals surface area contributed by atoms with Crippen molar-refractivity contribution in [3.05, 3.63) is 26.7 Å². The van der Waals surface area contributed by atoms with Gasteiger partial charge in [-0.15, -0.1) is 0 Å². The molecule has 2 aromatic rings. The molecule has 0 aliphatic carbocycles. The predicted molar refractivity (Wildman–Crippen MR) is 78.1 cm³/mol. The monoisotopic (exact) mass is 310 g/mol. The van der Waals surface area contributed by atoms with Crippen molar-refractivity contribution in [3.63, 3.8) is 0 Å². The minimum atomic E-state index is -1.07. The summed E-state index contributed by atoms with van der Waals surface area (Å²) in [4.78, 5) is 42.2. The number of nitrogens with zero attached hydrogens (tertiary/aromatic N) is 3. The number of rotatable bonds is 7. The number of aromatic amines is 1. The van der Waals surface area contributed by atoms with Crippen LogP contribution < -0.4 is 11.2 Å². The fourth-order valence-corrected chi connectivity index (χ4v) is 2.29. The Hall–Kier alpha value is -2.42.